The van der Waals surface area contributed by atoms with Crippen molar-refractivity contribution >= 4 is 39.7 Å². The minimum absolute atomic E-state index is 0. The van der Waals surface area contributed by atoms with Gasteiger partial charge in [-0.25, -0.2) is 17.2 Å². The van der Waals surface area contributed by atoms with Crippen molar-refractivity contribution < 1.29 is 45.0 Å². The lowest BCUT2D eigenvalue weighted by atomic mass is 10.0. The van der Waals surface area contributed by atoms with Crippen LogP contribution in [0.5, 0.6) is 11.5 Å². The Hall–Kier alpha value is -3.62. The number of carbonyl (C=O) groups excluding carboxylic acids is 1. The van der Waals surface area contributed by atoms with Crippen LogP contribution in [0, 0.1) is 0 Å². The van der Waals surface area contributed by atoms with Gasteiger partial charge in [0.2, 0.25) is 10.0 Å². The van der Waals surface area contributed by atoms with Gasteiger partial charge in [-0.1, -0.05) is 18.2 Å². The van der Waals surface area contributed by atoms with Crippen LogP contribution in [-0.2, 0) is 16.2 Å². The van der Waals surface area contributed by atoms with Gasteiger partial charge in [0, 0.05) is 38.2 Å². The molecule has 3 aromatic carbocycles. The molecule has 0 saturated carbocycles. The van der Waals surface area contributed by atoms with Gasteiger partial charge in [0.05, 0.1) is 29.7 Å². The molecule has 1 heterocycles. The number of amides is 1. The fourth-order valence-corrected chi connectivity index (χ4v) is 5.09. The van der Waals surface area contributed by atoms with E-state index in [9.17, 15) is 40.3 Å². The normalized spacial score (nSPS) is 15.2. The molecule has 3 aromatic rings. The number of benzene rings is 3. The molecule has 0 aromatic heterocycles. The molecule has 1 fully saturated rings. The summed E-state index contributed by atoms with van der Waals surface area (Å²) in [5, 5.41) is 12.6. The molecule has 0 spiro atoms. The van der Waals surface area contributed by atoms with E-state index < -0.39 is 33.6 Å². The maximum absolute atomic E-state index is 13.4. The zero-order valence-corrected chi connectivity index (χ0v) is 25.1. The summed E-state index contributed by atoms with van der Waals surface area (Å²) in [5.74, 6) is -3.52. The first-order valence-electron chi connectivity index (χ1n) is 13.3. The van der Waals surface area contributed by atoms with Gasteiger partial charge in [-0.05, 0) is 60.0 Å². The molecule has 1 amide bonds. The van der Waals surface area contributed by atoms with Crippen molar-refractivity contribution in [2.45, 2.75) is 31.4 Å². The number of nitrogens with zero attached hydrogens (tertiary/aromatic N) is 1. The number of phenolic OH excluding ortho intramolecular Hbond substituents is 1. The predicted octanol–water partition coefficient (Wildman–Crippen LogP) is 6.62. The van der Waals surface area contributed by atoms with Gasteiger partial charge in [0.1, 0.15) is 11.5 Å². The highest BCUT2D eigenvalue weighted by Gasteiger charge is 2.33. The Kier molecular flexibility index (Phi) is 11.1. The van der Waals surface area contributed by atoms with Gasteiger partial charge in [-0.15, -0.1) is 12.4 Å². The van der Waals surface area contributed by atoms with Gasteiger partial charge in [0.15, 0.2) is 0 Å². The lowest BCUT2D eigenvalue weighted by Gasteiger charge is -2.31. The third kappa shape index (κ3) is 9.69. The molecule has 0 unspecified atom stereocenters. The molecule has 1 saturated heterocycles. The summed E-state index contributed by atoms with van der Waals surface area (Å²) in [5.41, 5.74) is 0.229. The van der Waals surface area contributed by atoms with Crippen molar-refractivity contribution in [1.82, 2.24) is 4.90 Å². The maximum atomic E-state index is 13.4. The predicted molar refractivity (Wildman–Crippen MR) is 159 cm³/mol. The van der Waals surface area contributed by atoms with Crippen LogP contribution in [0.1, 0.15) is 35.2 Å². The summed E-state index contributed by atoms with van der Waals surface area (Å²) in [7, 11) is -3.72. The molecule has 240 valence electrons. The number of phenols is 1. The highest BCUT2D eigenvalue weighted by atomic mass is 35.5. The number of likely N-dealkylation sites (tertiary alicyclic amines) is 1. The number of piperidine rings is 1. The molecule has 0 aliphatic carbocycles. The highest BCUT2D eigenvalue weighted by molar-refractivity contribution is 7.92. The molecule has 15 heteroatoms. The molecule has 0 bridgehead atoms. The van der Waals surface area contributed by atoms with Gasteiger partial charge < -0.3 is 20.1 Å². The molecule has 1 aliphatic heterocycles. The van der Waals surface area contributed by atoms with E-state index in [1.807, 2.05) is 4.90 Å². The lowest BCUT2D eigenvalue weighted by molar-refractivity contribution is -0.137. The van der Waals surface area contributed by atoms with Crippen molar-refractivity contribution in [3.05, 3.63) is 71.8 Å². The van der Waals surface area contributed by atoms with E-state index in [1.165, 1.54) is 42.5 Å². The highest BCUT2D eigenvalue weighted by Crippen LogP contribution is 2.34. The number of anilines is 2. The topological polar surface area (TPSA) is 108 Å². The van der Waals surface area contributed by atoms with E-state index in [0.717, 1.165) is 18.4 Å². The SMILES string of the molecule is CS(=O)(=O)Nc1cc(NC(=O)c2ccc(-c3ccc(C(F)(F)F)cc3)cc2OCCCN2CCC(F)(F)CC2)ccc1O.Cl. The maximum Gasteiger partial charge on any atom is 0.416 e. The molecule has 0 atom stereocenters. The summed E-state index contributed by atoms with van der Waals surface area (Å²) in [6.07, 6.45) is -3.56. The number of nitrogens with one attached hydrogen (secondary N) is 2. The standard InChI is InChI=1S/C29H30F5N3O5S.ClH/c1-43(40,41)36-24-18-22(8-10-25(24)38)35-27(39)23-9-5-20(19-3-6-21(7-4-19)29(32,33)34)17-26(23)42-16-2-13-37-14-11-28(30,31)12-15-37;/h3-10,17-18,36,38H,2,11-16H2,1H3,(H,35,39);1H. The molecule has 0 radical (unpaired) electrons. The minimum Gasteiger partial charge on any atom is -0.506 e. The molecule has 44 heavy (non-hydrogen) atoms. The van der Waals surface area contributed by atoms with Crippen LogP contribution in [0.15, 0.2) is 60.7 Å². The van der Waals surface area contributed by atoms with Crippen LogP contribution in [0.25, 0.3) is 11.1 Å². The first-order valence-corrected chi connectivity index (χ1v) is 15.2. The van der Waals surface area contributed by atoms with E-state index in [0.29, 0.717) is 24.1 Å². The second-order valence-corrected chi connectivity index (χ2v) is 12.0. The second kappa shape index (κ2) is 14.0. The average Bonchev–Trinajstić information content (AvgIpc) is 2.92. The zero-order chi connectivity index (χ0) is 31.4. The van der Waals surface area contributed by atoms with Crippen LogP contribution in [0.3, 0.4) is 0 Å². The first kappa shape index (κ1) is 34.9. The number of halogens is 6. The van der Waals surface area contributed by atoms with Crippen LogP contribution in [0.4, 0.5) is 33.3 Å². The number of ether oxygens (including phenoxy) is 1. The number of alkyl halides is 5. The van der Waals surface area contributed by atoms with Crippen molar-refractivity contribution in [2.75, 3.05) is 42.5 Å². The third-order valence-corrected chi connectivity index (χ3v) is 7.38. The van der Waals surface area contributed by atoms with Crippen molar-refractivity contribution in [1.29, 1.82) is 0 Å². The van der Waals surface area contributed by atoms with E-state index in [4.69, 9.17) is 4.74 Å². The molecular formula is C29H31ClF5N3O5S. The van der Waals surface area contributed by atoms with E-state index in [-0.39, 0.29) is 73.4 Å². The number of carbonyl (C=O) groups is 1. The number of hydrogen-bond acceptors (Lipinski definition) is 6. The largest absolute Gasteiger partial charge is 0.506 e. The summed E-state index contributed by atoms with van der Waals surface area (Å²) in [4.78, 5) is 15.2. The third-order valence-electron chi connectivity index (χ3n) is 6.79. The number of aromatic hydroxyl groups is 1. The van der Waals surface area contributed by atoms with Gasteiger partial charge in [-0.3, -0.25) is 9.52 Å². The molecular weight excluding hydrogens is 633 g/mol. The summed E-state index contributed by atoms with van der Waals surface area (Å²) in [6, 6.07) is 12.8. The van der Waals surface area contributed by atoms with E-state index >= 15 is 0 Å². The van der Waals surface area contributed by atoms with Crippen LogP contribution >= 0.6 is 12.4 Å². The number of sulfonamides is 1. The van der Waals surface area contributed by atoms with Crippen molar-refractivity contribution in [3.8, 4) is 22.6 Å². The molecule has 8 nitrogen and oxygen atoms in total. The summed E-state index contributed by atoms with van der Waals surface area (Å²) in [6.45, 7) is 1.14. The fourth-order valence-electron chi connectivity index (χ4n) is 4.53. The van der Waals surface area contributed by atoms with Gasteiger partial charge >= 0.3 is 6.18 Å². The van der Waals surface area contributed by atoms with Gasteiger partial charge in [0.25, 0.3) is 11.8 Å². The van der Waals surface area contributed by atoms with Gasteiger partial charge in [-0.2, -0.15) is 13.2 Å². The molecule has 1 aliphatic rings. The Morgan fingerprint density at radius 2 is 1.64 bits per heavy atom. The Balaban J connectivity index is 0.00000529. The smallest absolute Gasteiger partial charge is 0.416 e. The average molecular weight is 664 g/mol. The molecule has 4 rings (SSSR count). The second-order valence-electron chi connectivity index (χ2n) is 10.2. The fraction of sp³-hybridized carbons (Fsp3) is 0.345. The lowest BCUT2D eigenvalue weighted by Crippen LogP contribution is -2.40. The van der Waals surface area contributed by atoms with E-state index in [1.54, 1.807) is 6.07 Å². The Morgan fingerprint density at radius 3 is 2.25 bits per heavy atom. The number of hydrogen-bond donors (Lipinski definition) is 3. The first-order chi connectivity index (χ1) is 20.1. The summed E-state index contributed by atoms with van der Waals surface area (Å²) >= 11 is 0. The van der Waals surface area contributed by atoms with Crippen molar-refractivity contribution in [3.63, 3.8) is 0 Å². The monoisotopic (exact) mass is 663 g/mol. The summed E-state index contributed by atoms with van der Waals surface area (Å²) < 4.78 is 97.3. The molecule has 3 N–H and O–H groups in total. The van der Waals surface area contributed by atoms with Crippen LogP contribution in [0.2, 0.25) is 0 Å². The van der Waals surface area contributed by atoms with Crippen LogP contribution in [-0.4, -0.2) is 62.8 Å². The minimum atomic E-state index is -4.50. The van der Waals surface area contributed by atoms with E-state index in [2.05, 4.69) is 10.0 Å². The number of rotatable bonds is 10. The van der Waals surface area contributed by atoms with Crippen LogP contribution < -0.4 is 14.8 Å². The Bertz CT molecular complexity index is 1560. The quantitative estimate of drug-likeness (QED) is 0.0974. The zero-order valence-electron chi connectivity index (χ0n) is 23.5. The Labute approximate surface area is 257 Å². The Morgan fingerprint density at radius 1 is 1.00 bits per heavy atom. The van der Waals surface area contributed by atoms with Crippen molar-refractivity contribution in [2.24, 2.45) is 0 Å².